The molecule has 2 aromatic carbocycles. The van der Waals surface area contributed by atoms with Gasteiger partial charge in [-0.05, 0) is 48.6 Å². The third-order valence-electron chi connectivity index (χ3n) is 3.94. The van der Waals surface area contributed by atoms with E-state index in [9.17, 15) is 4.79 Å². The van der Waals surface area contributed by atoms with Crippen LogP contribution in [0.15, 0.2) is 42.5 Å². The molecule has 1 amide bonds. The average Bonchev–Trinajstić information content (AvgIpc) is 2.61. The number of hydrogen-bond donors (Lipinski definition) is 1. The van der Waals surface area contributed by atoms with Gasteiger partial charge in [0.2, 0.25) is 0 Å². The van der Waals surface area contributed by atoms with Crippen LogP contribution in [0.3, 0.4) is 0 Å². The molecule has 1 N–H and O–H groups in total. The van der Waals surface area contributed by atoms with E-state index in [1.54, 1.807) is 25.3 Å². The second-order valence-electron chi connectivity index (χ2n) is 6.50. The quantitative estimate of drug-likeness (QED) is 0.789. The summed E-state index contributed by atoms with van der Waals surface area (Å²) in [5, 5.41) is 2.96. The Morgan fingerprint density at radius 1 is 1.12 bits per heavy atom. The minimum Gasteiger partial charge on any atom is -0.493 e. The van der Waals surface area contributed by atoms with E-state index >= 15 is 0 Å². The van der Waals surface area contributed by atoms with Crippen LogP contribution in [-0.2, 0) is 6.42 Å². The van der Waals surface area contributed by atoms with Crippen LogP contribution < -0.4 is 14.8 Å². The molecule has 0 spiro atoms. The van der Waals surface area contributed by atoms with E-state index in [2.05, 4.69) is 38.2 Å². The molecule has 0 aliphatic rings. The van der Waals surface area contributed by atoms with Crippen LogP contribution in [0.25, 0.3) is 0 Å². The third kappa shape index (κ3) is 5.52. The SMILES string of the molecule is COc1cc(C(=O)NCCc2ccccc2C)ccc1OCC(C)C. The van der Waals surface area contributed by atoms with Crippen molar-refractivity contribution < 1.29 is 14.3 Å². The maximum Gasteiger partial charge on any atom is 0.251 e. The van der Waals surface area contributed by atoms with Gasteiger partial charge in [0, 0.05) is 12.1 Å². The molecule has 0 radical (unpaired) electrons. The third-order valence-corrected chi connectivity index (χ3v) is 3.94. The van der Waals surface area contributed by atoms with E-state index in [1.165, 1.54) is 11.1 Å². The molecule has 0 atom stereocenters. The van der Waals surface area contributed by atoms with Crippen molar-refractivity contribution in [2.45, 2.75) is 27.2 Å². The Bertz CT molecular complexity index is 710. The maximum absolute atomic E-state index is 12.4. The molecule has 25 heavy (non-hydrogen) atoms. The number of amides is 1. The minimum absolute atomic E-state index is 0.109. The summed E-state index contributed by atoms with van der Waals surface area (Å²) in [6.45, 7) is 7.46. The number of nitrogens with one attached hydrogen (secondary N) is 1. The van der Waals surface area contributed by atoms with Crippen LogP contribution in [-0.4, -0.2) is 26.2 Å². The number of aryl methyl sites for hydroxylation is 1. The van der Waals surface area contributed by atoms with Crippen molar-refractivity contribution in [1.29, 1.82) is 0 Å². The van der Waals surface area contributed by atoms with Gasteiger partial charge in [-0.3, -0.25) is 4.79 Å². The van der Waals surface area contributed by atoms with Crippen molar-refractivity contribution in [1.82, 2.24) is 5.32 Å². The monoisotopic (exact) mass is 341 g/mol. The number of carbonyl (C=O) groups excluding carboxylic acids is 1. The van der Waals surface area contributed by atoms with Gasteiger partial charge in [-0.2, -0.15) is 0 Å². The summed E-state index contributed by atoms with van der Waals surface area (Å²) >= 11 is 0. The lowest BCUT2D eigenvalue weighted by atomic mass is 10.1. The van der Waals surface area contributed by atoms with E-state index in [4.69, 9.17) is 9.47 Å². The van der Waals surface area contributed by atoms with Gasteiger partial charge in [0.1, 0.15) is 0 Å². The predicted octanol–water partition coefficient (Wildman–Crippen LogP) is 4.01. The number of rotatable bonds is 8. The molecule has 0 saturated heterocycles. The summed E-state index contributed by atoms with van der Waals surface area (Å²) in [6.07, 6.45) is 0.811. The number of methoxy groups -OCH3 is 1. The number of benzene rings is 2. The lowest BCUT2D eigenvalue weighted by Gasteiger charge is -2.13. The van der Waals surface area contributed by atoms with Gasteiger partial charge in [-0.25, -0.2) is 0 Å². The van der Waals surface area contributed by atoms with Crippen molar-refractivity contribution in [3.05, 3.63) is 59.2 Å². The molecule has 0 aromatic heterocycles. The van der Waals surface area contributed by atoms with Gasteiger partial charge >= 0.3 is 0 Å². The molecule has 0 saturated carbocycles. The van der Waals surface area contributed by atoms with Gasteiger partial charge in [-0.15, -0.1) is 0 Å². The summed E-state index contributed by atoms with van der Waals surface area (Å²) in [7, 11) is 1.58. The molecule has 0 bridgehead atoms. The zero-order valence-corrected chi connectivity index (χ0v) is 15.5. The summed E-state index contributed by atoms with van der Waals surface area (Å²) in [4.78, 5) is 12.4. The second kappa shape index (κ2) is 9.11. The van der Waals surface area contributed by atoms with E-state index in [0.717, 1.165) is 6.42 Å². The fourth-order valence-electron chi connectivity index (χ4n) is 2.49. The van der Waals surface area contributed by atoms with Gasteiger partial charge < -0.3 is 14.8 Å². The lowest BCUT2D eigenvalue weighted by Crippen LogP contribution is -2.25. The predicted molar refractivity (Wildman–Crippen MR) is 101 cm³/mol. The molecule has 0 fully saturated rings. The standard InChI is InChI=1S/C21H27NO3/c1-15(2)14-25-19-10-9-18(13-20(19)24-4)21(23)22-12-11-17-8-6-5-7-16(17)3/h5-10,13,15H,11-12,14H2,1-4H3,(H,22,23). The van der Waals surface area contributed by atoms with Gasteiger partial charge in [0.05, 0.1) is 13.7 Å². The van der Waals surface area contributed by atoms with Crippen LogP contribution in [0.5, 0.6) is 11.5 Å². The molecule has 0 aliphatic carbocycles. The molecule has 0 heterocycles. The molecule has 4 nitrogen and oxygen atoms in total. The topological polar surface area (TPSA) is 47.6 Å². The number of hydrogen-bond acceptors (Lipinski definition) is 3. The van der Waals surface area contributed by atoms with E-state index < -0.39 is 0 Å². The first-order chi connectivity index (χ1) is 12.0. The highest BCUT2D eigenvalue weighted by Gasteiger charge is 2.11. The largest absolute Gasteiger partial charge is 0.493 e. The smallest absolute Gasteiger partial charge is 0.251 e. The van der Waals surface area contributed by atoms with E-state index in [0.29, 0.717) is 36.1 Å². The minimum atomic E-state index is -0.109. The van der Waals surface area contributed by atoms with Crippen molar-refractivity contribution in [3.63, 3.8) is 0 Å². The summed E-state index contributed by atoms with van der Waals surface area (Å²) in [5.41, 5.74) is 3.06. The van der Waals surface area contributed by atoms with Crippen LogP contribution in [0.2, 0.25) is 0 Å². The van der Waals surface area contributed by atoms with Gasteiger partial charge in [0.15, 0.2) is 11.5 Å². The molecule has 0 unspecified atom stereocenters. The number of carbonyl (C=O) groups is 1. The Labute approximate surface area is 150 Å². The Hall–Kier alpha value is -2.49. The average molecular weight is 341 g/mol. The molecule has 2 rings (SSSR count). The fourth-order valence-corrected chi connectivity index (χ4v) is 2.49. The van der Waals surface area contributed by atoms with Crippen molar-refractivity contribution >= 4 is 5.91 Å². The highest BCUT2D eigenvalue weighted by molar-refractivity contribution is 5.94. The molecule has 4 heteroatoms. The Balaban J connectivity index is 1.96. The van der Waals surface area contributed by atoms with Crippen molar-refractivity contribution in [2.24, 2.45) is 5.92 Å². The lowest BCUT2D eigenvalue weighted by molar-refractivity contribution is 0.0953. The highest BCUT2D eigenvalue weighted by atomic mass is 16.5. The highest BCUT2D eigenvalue weighted by Crippen LogP contribution is 2.28. The zero-order valence-electron chi connectivity index (χ0n) is 15.5. The van der Waals surface area contributed by atoms with Crippen molar-refractivity contribution in [3.8, 4) is 11.5 Å². The fraction of sp³-hybridized carbons (Fsp3) is 0.381. The Kier molecular flexibility index (Phi) is 6.87. The molecule has 134 valence electrons. The summed E-state index contributed by atoms with van der Waals surface area (Å²) in [5.74, 6) is 1.55. The number of ether oxygens (including phenoxy) is 2. The van der Waals surface area contributed by atoms with Gasteiger partial charge in [-0.1, -0.05) is 38.1 Å². The summed E-state index contributed by atoms with van der Waals surface area (Å²) in [6, 6.07) is 13.5. The van der Waals surface area contributed by atoms with Gasteiger partial charge in [0.25, 0.3) is 5.91 Å². The zero-order chi connectivity index (χ0) is 18.2. The van der Waals surface area contributed by atoms with E-state index in [-0.39, 0.29) is 5.91 Å². The first-order valence-corrected chi connectivity index (χ1v) is 8.64. The van der Waals surface area contributed by atoms with Crippen LogP contribution in [0.1, 0.15) is 35.3 Å². The first kappa shape index (κ1) is 18.8. The maximum atomic E-state index is 12.4. The Morgan fingerprint density at radius 3 is 2.56 bits per heavy atom. The van der Waals surface area contributed by atoms with Crippen LogP contribution >= 0.6 is 0 Å². The summed E-state index contributed by atoms with van der Waals surface area (Å²) < 4.78 is 11.1. The second-order valence-corrected chi connectivity index (χ2v) is 6.50. The first-order valence-electron chi connectivity index (χ1n) is 8.64. The van der Waals surface area contributed by atoms with E-state index in [1.807, 2.05) is 12.1 Å². The molecular weight excluding hydrogens is 314 g/mol. The Morgan fingerprint density at radius 2 is 1.88 bits per heavy atom. The molecular formula is C21H27NO3. The molecule has 2 aromatic rings. The van der Waals surface area contributed by atoms with Crippen LogP contribution in [0.4, 0.5) is 0 Å². The van der Waals surface area contributed by atoms with Crippen molar-refractivity contribution in [2.75, 3.05) is 20.3 Å². The van der Waals surface area contributed by atoms with Crippen LogP contribution in [0, 0.1) is 12.8 Å². The molecule has 0 aliphatic heterocycles. The normalized spacial score (nSPS) is 10.6.